The van der Waals surface area contributed by atoms with Crippen LogP contribution in [0.4, 0.5) is 0 Å². The highest BCUT2D eigenvalue weighted by Gasteiger charge is 2.51. The second-order valence-corrected chi connectivity index (χ2v) is 17.9. The fourth-order valence-electron chi connectivity index (χ4n) is 7.92. The minimum atomic E-state index is -1.80. The number of carbonyl (C=O) groups is 1. The van der Waals surface area contributed by atoms with Crippen LogP contribution in [-0.2, 0) is 23.7 Å². The topological polar surface area (TPSA) is 228 Å². The first kappa shape index (κ1) is 60.6. The Morgan fingerprint density at radius 3 is 1.64 bits per heavy atom. The Hall–Kier alpha value is -2.57. The van der Waals surface area contributed by atoms with Crippen molar-refractivity contribution in [3.8, 4) is 0 Å². The van der Waals surface area contributed by atoms with Gasteiger partial charge in [0.05, 0.1) is 32.0 Å². The monoisotopic (exact) mass is 950 g/mol. The molecule has 2 saturated heterocycles. The standard InChI is InChI=1S/C53H91NO13/c1-3-5-7-9-11-13-15-17-18-19-20-21-22-23-25-26-28-30-32-34-36-42(57)41(54-45(58)37-35-33-31-29-27-24-16-14-12-10-8-6-4-2)40-64-52-50(63)48(61)51(44(39-56)66-52)67-53-49(62)47(60)46(59)43(38-55)65-53/h6,8,12,14,21-22,24,26-28,34,36,41-44,46-53,55-57,59-63H,3-5,7,9-11,13,15-20,23,25,29-33,35,37-40H2,1-2H3,(H,54,58)/b8-6-,14-12-,22-21+,27-24-,28-26+,36-34+. The van der Waals surface area contributed by atoms with Gasteiger partial charge in [-0.25, -0.2) is 0 Å². The second kappa shape index (κ2) is 39.2. The number of carbonyl (C=O) groups excluding carboxylic acids is 1. The molecule has 2 heterocycles. The average Bonchev–Trinajstić information content (AvgIpc) is 3.32. The van der Waals surface area contributed by atoms with Gasteiger partial charge in [0.1, 0.15) is 48.8 Å². The summed E-state index contributed by atoms with van der Waals surface area (Å²) in [4.78, 5) is 13.1. The largest absolute Gasteiger partial charge is 0.394 e. The van der Waals surface area contributed by atoms with Crippen molar-refractivity contribution in [2.75, 3.05) is 19.8 Å². The van der Waals surface area contributed by atoms with Crippen molar-refractivity contribution in [3.05, 3.63) is 72.9 Å². The van der Waals surface area contributed by atoms with Gasteiger partial charge in [-0.05, 0) is 77.0 Å². The van der Waals surface area contributed by atoms with Gasteiger partial charge in [-0.15, -0.1) is 0 Å². The number of nitrogens with one attached hydrogen (secondary N) is 1. The van der Waals surface area contributed by atoms with Crippen LogP contribution in [0.2, 0.25) is 0 Å². The minimum absolute atomic E-state index is 0.231. The summed E-state index contributed by atoms with van der Waals surface area (Å²) in [6.45, 7) is 2.60. The molecule has 0 aromatic rings. The van der Waals surface area contributed by atoms with E-state index in [4.69, 9.17) is 18.9 Å². The number of rotatable bonds is 38. The molecule has 0 saturated carbocycles. The van der Waals surface area contributed by atoms with Crippen LogP contribution in [-0.4, -0.2) is 140 Å². The third kappa shape index (κ3) is 26.3. The van der Waals surface area contributed by atoms with Crippen molar-refractivity contribution in [2.24, 2.45) is 0 Å². The van der Waals surface area contributed by atoms with Crippen LogP contribution in [0.3, 0.4) is 0 Å². The molecule has 0 aliphatic carbocycles. The summed E-state index contributed by atoms with van der Waals surface area (Å²) in [7, 11) is 0. The van der Waals surface area contributed by atoms with E-state index in [-0.39, 0.29) is 18.9 Å². The van der Waals surface area contributed by atoms with E-state index in [0.29, 0.717) is 12.8 Å². The molecule has 0 aromatic carbocycles. The van der Waals surface area contributed by atoms with E-state index in [1.54, 1.807) is 6.08 Å². The van der Waals surface area contributed by atoms with E-state index in [0.717, 1.165) is 64.2 Å². The smallest absolute Gasteiger partial charge is 0.220 e. The molecule has 9 N–H and O–H groups in total. The molecule has 12 unspecified atom stereocenters. The Kier molecular flexibility index (Phi) is 35.4. The summed E-state index contributed by atoms with van der Waals surface area (Å²) in [6.07, 6.45) is 32.4. The van der Waals surface area contributed by atoms with Crippen molar-refractivity contribution in [2.45, 2.75) is 235 Å². The van der Waals surface area contributed by atoms with Crippen LogP contribution in [0, 0.1) is 0 Å². The molecule has 12 atom stereocenters. The fraction of sp³-hybridized carbons (Fsp3) is 0.755. The maximum Gasteiger partial charge on any atom is 0.220 e. The van der Waals surface area contributed by atoms with Crippen LogP contribution >= 0.6 is 0 Å². The molecule has 2 aliphatic heterocycles. The number of unbranched alkanes of at least 4 members (excludes halogenated alkanes) is 15. The summed E-state index contributed by atoms with van der Waals surface area (Å²) in [5, 5.41) is 86.7. The third-order valence-electron chi connectivity index (χ3n) is 12.1. The molecule has 0 radical (unpaired) electrons. The van der Waals surface area contributed by atoms with Crippen molar-refractivity contribution >= 4 is 5.91 Å². The lowest BCUT2D eigenvalue weighted by Gasteiger charge is -2.46. The average molecular weight is 950 g/mol. The normalized spacial score (nSPS) is 27.2. The number of allylic oxidation sites excluding steroid dienone is 11. The lowest BCUT2D eigenvalue weighted by molar-refractivity contribution is -0.359. The molecule has 0 aromatic heterocycles. The molecule has 14 nitrogen and oxygen atoms in total. The van der Waals surface area contributed by atoms with Gasteiger partial charge >= 0.3 is 0 Å². The molecular formula is C53H91NO13. The maximum atomic E-state index is 13.1. The summed E-state index contributed by atoms with van der Waals surface area (Å²) in [6, 6.07) is -0.955. The number of aliphatic hydroxyl groups excluding tert-OH is 8. The SMILES string of the molecule is CC/C=C\C/C=C\C/C=C\CCCCCC(=O)NC(COC1OC(CO)C(OC2OC(CO)C(O)C(O)C2O)C(O)C1O)C(O)/C=C/CC/C=C/CC/C=C/CCCCCCCCCCCC. The quantitative estimate of drug-likeness (QED) is 0.0229. The number of amides is 1. The highest BCUT2D eigenvalue weighted by atomic mass is 16.7. The first-order chi connectivity index (χ1) is 32.6. The Morgan fingerprint density at radius 1 is 0.552 bits per heavy atom. The van der Waals surface area contributed by atoms with E-state index in [1.165, 1.54) is 64.2 Å². The molecule has 386 valence electrons. The van der Waals surface area contributed by atoms with Crippen molar-refractivity contribution in [1.82, 2.24) is 5.32 Å². The van der Waals surface area contributed by atoms with Gasteiger partial charge in [0.2, 0.25) is 5.91 Å². The molecule has 0 spiro atoms. The van der Waals surface area contributed by atoms with E-state index in [2.05, 4.69) is 79.9 Å². The predicted molar refractivity (Wildman–Crippen MR) is 263 cm³/mol. The van der Waals surface area contributed by atoms with Crippen LogP contribution in [0.5, 0.6) is 0 Å². The second-order valence-electron chi connectivity index (χ2n) is 17.9. The Labute approximate surface area is 402 Å². The zero-order chi connectivity index (χ0) is 48.9. The molecule has 14 heteroatoms. The molecule has 2 fully saturated rings. The Morgan fingerprint density at radius 2 is 1.04 bits per heavy atom. The zero-order valence-corrected chi connectivity index (χ0v) is 40.9. The Bertz CT molecular complexity index is 1400. The number of hydrogen-bond donors (Lipinski definition) is 9. The minimum Gasteiger partial charge on any atom is -0.394 e. The van der Waals surface area contributed by atoms with Crippen LogP contribution in [0.15, 0.2) is 72.9 Å². The Balaban J connectivity index is 1.88. The summed E-state index contributed by atoms with van der Waals surface area (Å²) in [5.74, 6) is -0.286. The first-order valence-corrected chi connectivity index (χ1v) is 25.7. The third-order valence-corrected chi connectivity index (χ3v) is 12.1. The highest BCUT2D eigenvalue weighted by molar-refractivity contribution is 5.76. The summed E-state index contributed by atoms with van der Waals surface area (Å²) < 4.78 is 22.6. The van der Waals surface area contributed by atoms with E-state index in [9.17, 15) is 45.6 Å². The van der Waals surface area contributed by atoms with Gasteiger partial charge in [0.15, 0.2) is 12.6 Å². The van der Waals surface area contributed by atoms with Crippen LogP contribution < -0.4 is 5.32 Å². The molecular weight excluding hydrogens is 859 g/mol. The molecule has 0 bridgehead atoms. The molecule has 2 aliphatic rings. The lowest BCUT2D eigenvalue weighted by atomic mass is 9.97. The lowest BCUT2D eigenvalue weighted by Crippen LogP contribution is -2.65. The summed E-state index contributed by atoms with van der Waals surface area (Å²) in [5.41, 5.74) is 0. The van der Waals surface area contributed by atoms with Crippen LogP contribution in [0.25, 0.3) is 0 Å². The van der Waals surface area contributed by atoms with Crippen molar-refractivity contribution in [1.29, 1.82) is 0 Å². The fourth-order valence-corrected chi connectivity index (χ4v) is 7.92. The number of ether oxygens (including phenoxy) is 4. The molecule has 1 amide bonds. The van der Waals surface area contributed by atoms with Gasteiger partial charge in [-0.2, -0.15) is 0 Å². The van der Waals surface area contributed by atoms with E-state index >= 15 is 0 Å². The zero-order valence-electron chi connectivity index (χ0n) is 40.9. The first-order valence-electron chi connectivity index (χ1n) is 25.7. The van der Waals surface area contributed by atoms with Gasteiger partial charge in [0, 0.05) is 6.42 Å². The highest BCUT2D eigenvalue weighted by Crippen LogP contribution is 2.30. The van der Waals surface area contributed by atoms with Gasteiger partial charge in [-0.1, -0.05) is 151 Å². The van der Waals surface area contributed by atoms with Crippen LogP contribution in [0.1, 0.15) is 162 Å². The van der Waals surface area contributed by atoms with E-state index < -0.39 is 86.8 Å². The molecule has 2 rings (SSSR count). The summed E-state index contributed by atoms with van der Waals surface area (Å²) >= 11 is 0. The van der Waals surface area contributed by atoms with Gasteiger partial charge in [0.25, 0.3) is 0 Å². The maximum absolute atomic E-state index is 13.1. The van der Waals surface area contributed by atoms with Crippen molar-refractivity contribution < 1.29 is 64.6 Å². The number of aliphatic hydroxyl groups is 8. The van der Waals surface area contributed by atoms with E-state index in [1.807, 2.05) is 6.08 Å². The van der Waals surface area contributed by atoms with Crippen molar-refractivity contribution in [3.63, 3.8) is 0 Å². The van der Waals surface area contributed by atoms with Gasteiger partial charge in [-0.3, -0.25) is 4.79 Å². The predicted octanol–water partition coefficient (Wildman–Crippen LogP) is 6.82. The molecule has 67 heavy (non-hydrogen) atoms. The van der Waals surface area contributed by atoms with Gasteiger partial charge < -0.3 is 65.1 Å². The number of hydrogen-bond acceptors (Lipinski definition) is 13.